The zero-order valence-electron chi connectivity index (χ0n) is 17.3. The normalized spacial score (nSPS) is 14.5. The van der Waals surface area contributed by atoms with E-state index in [-0.39, 0.29) is 27.6 Å². The van der Waals surface area contributed by atoms with E-state index in [2.05, 4.69) is 20.7 Å². The first-order valence-corrected chi connectivity index (χ1v) is 11.0. The molecule has 3 aromatic rings. The summed E-state index contributed by atoms with van der Waals surface area (Å²) in [6.45, 7) is 1.92. The summed E-state index contributed by atoms with van der Waals surface area (Å²) in [4.78, 5) is 17.2. The van der Waals surface area contributed by atoms with Crippen molar-refractivity contribution in [3.8, 4) is 10.6 Å². The summed E-state index contributed by atoms with van der Waals surface area (Å²) >= 11 is 0.947. The van der Waals surface area contributed by atoms with Crippen LogP contribution in [0.3, 0.4) is 0 Å². The Balaban J connectivity index is 1.72. The molecule has 1 aliphatic rings. The number of amides is 1. The molecule has 176 valence electrons. The number of rotatable bonds is 7. The summed E-state index contributed by atoms with van der Waals surface area (Å²) in [5.41, 5.74) is 5.03. The molecule has 1 aromatic carbocycles. The van der Waals surface area contributed by atoms with E-state index in [0.29, 0.717) is 25.5 Å². The third kappa shape index (κ3) is 5.09. The van der Waals surface area contributed by atoms with E-state index in [9.17, 15) is 18.0 Å². The molecule has 1 saturated heterocycles. The zero-order chi connectivity index (χ0) is 23.5. The number of carbonyl (C=O) groups is 1. The number of alkyl halides is 2. The Bertz CT molecular complexity index is 1140. The summed E-state index contributed by atoms with van der Waals surface area (Å²) in [5.74, 6) is -1.97. The molecule has 1 aliphatic heterocycles. The molecule has 0 aliphatic carbocycles. The number of carbonyl (C=O) groups excluding carboxylic acids is 1. The second-order valence-corrected chi connectivity index (χ2v) is 8.25. The lowest BCUT2D eigenvalue weighted by Crippen LogP contribution is -2.31. The molecular formula is C20H21F4N7OS. The minimum Gasteiger partial charge on any atom is -0.364 e. The first-order valence-electron chi connectivity index (χ1n) is 10.1. The molecule has 1 fully saturated rings. The van der Waals surface area contributed by atoms with Crippen LogP contribution >= 0.6 is 11.3 Å². The molecule has 3 heterocycles. The van der Waals surface area contributed by atoms with E-state index in [4.69, 9.17) is 5.73 Å². The van der Waals surface area contributed by atoms with Crippen molar-refractivity contribution in [3.05, 3.63) is 41.0 Å². The van der Waals surface area contributed by atoms with Crippen LogP contribution in [0, 0.1) is 11.6 Å². The Morgan fingerprint density at radius 3 is 2.79 bits per heavy atom. The van der Waals surface area contributed by atoms with Crippen LogP contribution in [0.1, 0.15) is 16.9 Å². The molecule has 1 amide bonds. The predicted molar refractivity (Wildman–Crippen MR) is 117 cm³/mol. The molecule has 0 unspecified atom stereocenters. The average molecular weight is 483 g/mol. The lowest BCUT2D eigenvalue weighted by molar-refractivity contribution is 0.0996. The van der Waals surface area contributed by atoms with Crippen LogP contribution in [0.25, 0.3) is 10.6 Å². The zero-order valence-corrected chi connectivity index (χ0v) is 18.1. The number of nitrogens with one attached hydrogen (secondary N) is 2. The van der Waals surface area contributed by atoms with Gasteiger partial charge < -0.3 is 21.3 Å². The number of benzene rings is 1. The highest BCUT2D eigenvalue weighted by atomic mass is 32.1. The van der Waals surface area contributed by atoms with E-state index in [1.807, 2.05) is 4.90 Å². The lowest BCUT2D eigenvalue weighted by Gasteiger charge is -2.25. The monoisotopic (exact) mass is 483 g/mol. The quantitative estimate of drug-likeness (QED) is 0.447. The summed E-state index contributed by atoms with van der Waals surface area (Å²) < 4.78 is 57.2. The Kier molecular flexibility index (Phi) is 6.79. The first kappa shape index (κ1) is 23.0. The first-order chi connectivity index (χ1) is 15.8. The minimum absolute atomic E-state index is 0.0569. The Labute approximate surface area is 190 Å². The molecule has 0 saturated carbocycles. The number of nitrogens with two attached hydrogens (primary N) is 1. The summed E-state index contributed by atoms with van der Waals surface area (Å²) in [7, 11) is 0. The fourth-order valence-electron chi connectivity index (χ4n) is 3.61. The van der Waals surface area contributed by atoms with E-state index in [1.165, 1.54) is 11.6 Å². The van der Waals surface area contributed by atoms with Crippen LogP contribution in [-0.4, -0.2) is 53.3 Å². The van der Waals surface area contributed by atoms with Gasteiger partial charge in [0.05, 0.1) is 17.4 Å². The van der Waals surface area contributed by atoms with Gasteiger partial charge in [0.2, 0.25) is 0 Å². The van der Waals surface area contributed by atoms with Crippen molar-refractivity contribution in [1.82, 2.24) is 20.1 Å². The van der Waals surface area contributed by atoms with Gasteiger partial charge in [-0.1, -0.05) is 0 Å². The summed E-state index contributed by atoms with van der Waals surface area (Å²) in [5, 5.41) is 11.5. The van der Waals surface area contributed by atoms with Crippen molar-refractivity contribution in [2.75, 3.05) is 36.4 Å². The van der Waals surface area contributed by atoms with Crippen molar-refractivity contribution in [2.24, 2.45) is 5.73 Å². The van der Waals surface area contributed by atoms with Crippen molar-refractivity contribution in [2.45, 2.75) is 19.4 Å². The van der Waals surface area contributed by atoms with Crippen LogP contribution in [0.15, 0.2) is 23.7 Å². The van der Waals surface area contributed by atoms with E-state index < -0.39 is 30.5 Å². The van der Waals surface area contributed by atoms with E-state index in [1.54, 1.807) is 0 Å². The summed E-state index contributed by atoms with van der Waals surface area (Å²) in [6.07, 6.45) is -0.540. The number of nitrogens with zero attached hydrogens (tertiary/aromatic N) is 4. The molecule has 0 spiro atoms. The highest BCUT2D eigenvalue weighted by molar-refractivity contribution is 7.13. The maximum absolute atomic E-state index is 15.3. The molecule has 0 bridgehead atoms. The predicted octanol–water partition coefficient (Wildman–Crippen LogP) is 3.19. The number of halogens is 4. The van der Waals surface area contributed by atoms with Gasteiger partial charge in [-0.3, -0.25) is 4.79 Å². The molecule has 2 aromatic heterocycles. The molecule has 4 rings (SSSR count). The van der Waals surface area contributed by atoms with Gasteiger partial charge in [0, 0.05) is 31.1 Å². The van der Waals surface area contributed by atoms with Gasteiger partial charge in [0.15, 0.2) is 11.6 Å². The Morgan fingerprint density at radius 2 is 2.06 bits per heavy atom. The standard InChI is InChI=1S/C20H21F4N7OS/c21-11-6-12(19-29-15(10-33-19)18(25)32)17(24)13(7-11)28-14-8-27-31(9-16(22)23)20(14)30-4-1-2-26-3-5-30/h6-8,10,16,26,28H,1-5,9H2,(H2,25,32). The van der Waals surface area contributed by atoms with Crippen LogP contribution in [-0.2, 0) is 6.54 Å². The number of hydrogen-bond donors (Lipinski definition) is 3. The average Bonchev–Trinajstić information content (AvgIpc) is 3.30. The van der Waals surface area contributed by atoms with Crippen molar-refractivity contribution in [3.63, 3.8) is 0 Å². The number of primary amides is 1. The molecule has 8 nitrogen and oxygen atoms in total. The number of hydrogen-bond acceptors (Lipinski definition) is 7. The molecular weight excluding hydrogens is 462 g/mol. The smallest absolute Gasteiger partial charge is 0.268 e. The van der Waals surface area contributed by atoms with E-state index in [0.717, 1.165) is 41.1 Å². The maximum Gasteiger partial charge on any atom is 0.268 e. The van der Waals surface area contributed by atoms with Gasteiger partial charge in [-0.15, -0.1) is 11.3 Å². The van der Waals surface area contributed by atoms with Crippen molar-refractivity contribution < 1.29 is 22.4 Å². The van der Waals surface area contributed by atoms with Crippen molar-refractivity contribution >= 4 is 34.4 Å². The highest BCUT2D eigenvalue weighted by Crippen LogP contribution is 2.35. The molecule has 13 heteroatoms. The number of aromatic nitrogens is 3. The highest BCUT2D eigenvalue weighted by Gasteiger charge is 2.23. The van der Waals surface area contributed by atoms with Gasteiger partial charge in [-0.05, 0) is 19.0 Å². The maximum atomic E-state index is 15.3. The topological polar surface area (TPSA) is 101 Å². The third-order valence-electron chi connectivity index (χ3n) is 5.06. The Morgan fingerprint density at radius 1 is 1.24 bits per heavy atom. The summed E-state index contributed by atoms with van der Waals surface area (Å²) in [6, 6.07) is 1.92. The van der Waals surface area contributed by atoms with Gasteiger partial charge in [0.25, 0.3) is 12.3 Å². The largest absolute Gasteiger partial charge is 0.364 e. The number of thiazole rings is 1. The second-order valence-electron chi connectivity index (χ2n) is 7.39. The number of anilines is 3. The molecule has 4 N–H and O–H groups in total. The van der Waals surface area contributed by atoms with Gasteiger partial charge >= 0.3 is 0 Å². The van der Waals surface area contributed by atoms with Crippen molar-refractivity contribution in [1.29, 1.82) is 0 Å². The van der Waals surface area contributed by atoms with Crippen LogP contribution in [0.4, 0.5) is 34.8 Å². The van der Waals surface area contributed by atoms with Gasteiger partial charge in [0.1, 0.15) is 28.8 Å². The van der Waals surface area contributed by atoms with Crippen LogP contribution in [0.5, 0.6) is 0 Å². The SMILES string of the molecule is NC(=O)c1csc(-c2cc(F)cc(Nc3cnn(CC(F)F)c3N3CCCNCC3)c2F)n1. The van der Waals surface area contributed by atoms with Gasteiger partial charge in [-0.2, -0.15) is 5.10 Å². The second kappa shape index (κ2) is 9.75. The van der Waals surface area contributed by atoms with Gasteiger partial charge in [-0.25, -0.2) is 27.2 Å². The lowest BCUT2D eigenvalue weighted by atomic mass is 10.1. The van der Waals surface area contributed by atoms with E-state index >= 15 is 4.39 Å². The fourth-order valence-corrected chi connectivity index (χ4v) is 4.43. The Hall–Kier alpha value is -3.19. The fraction of sp³-hybridized carbons (Fsp3) is 0.350. The third-order valence-corrected chi connectivity index (χ3v) is 5.93. The minimum atomic E-state index is -2.64. The molecule has 0 atom stereocenters. The molecule has 0 radical (unpaired) electrons. The molecule has 33 heavy (non-hydrogen) atoms. The van der Waals surface area contributed by atoms with Crippen LogP contribution < -0.4 is 21.3 Å². The van der Waals surface area contributed by atoms with Crippen LogP contribution in [0.2, 0.25) is 0 Å².